The number of hydrogen-bond acceptors (Lipinski definition) is 3. The number of hydrogen-bond donors (Lipinski definition) is 2. The van der Waals surface area contributed by atoms with Gasteiger partial charge in [0, 0.05) is 13.1 Å². The second-order valence-electron chi connectivity index (χ2n) is 5.53. The van der Waals surface area contributed by atoms with Crippen molar-refractivity contribution in [2.24, 2.45) is 5.73 Å². The summed E-state index contributed by atoms with van der Waals surface area (Å²) in [5.41, 5.74) is 5.33. The first-order valence-electron chi connectivity index (χ1n) is 6.59. The van der Waals surface area contributed by atoms with Crippen molar-refractivity contribution in [3.63, 3.8) is 0 Å². The van der Waals surface area contributed by atoms with Crippen LogP contribution in [0.5, 0.6) is 0 Å². The molecule has 1 saturated heterocycles. The summed E-state index contributed by atoms with van der Waals surface area (Å²) < 4.78 is 19.3. The van der Waals surface area contributed by atoms with Crippen LogP contribution in [0.15, 0.2) is 24.3 Å². The Labute approximate surface area is 117 Å². The number of carbonyl (C=O) groups excluding carboxylic acids is 1. The van der Waals surface area contributed by atoms with Gasteiger partial charge >= 0.3 is 6.03 Å². The largest absolute Gasteiger partial charge is 0.367 e. The predicted molar refractivity (Wildman–Crippen MR) is 75.0 cm³/mol. The lowest BCUT2D eigenvalue weighted by molar-refractivity contribution is -0.119. The minimum Gasteiger partial charge on any atom is -0.367 e. The van der Waals surface area contributed by atoms with Gasteiger partial charge < -0.3 is 20.7 Å². The molecule has 0 bridgehead atoms. The van der Waals surface area contributed by atoms with Crippen molar-refractivity contribution in [1.29, 1.82) is 0 Å². The highest BCUT2D eigenvalue weighted by Crippen LogP contribution is 2.22. The van der Waals surface area contributed by atoms with Crippen LogP contribution in [0, 0.1) is 5.82 Å². The topological polar surface area (TPSA) is 67.6 Å². The molecule has 1 aromatic carbocycles. The molecule has 20 heavy (non-hydrogen) atoms. The monoisotopic (exact) mass is 281 g/mol. The van der Waals surface area contributed by atoms with Gasteiger partial charge in [-0.1, -0.05) is 12.1 Å². The molecular weight excluding hydrogens is 261 g/mol. The lowest BCUT2D eigenvalue weighted by atomic mass is 10.1. The van der Waals surface area contributed by atoms with Crippen molar-refractivity contribution in [2.75, 3.05) is 25.0 Å². The summed E-state index contributed by atoms with van der Waals surface area (Å²) in [5.74, 6) is -0.455. The van der Waals surface area contributed by atoms with Gasteiger partial charge in [-0.15, -0.1) is 0 Å². The van der Waals surface area contributed by atoms with E-state index in [1.807, 2.05) is 13.8 Å². The van der Waals surface area contributed by atoms with E-state index in [0.29, 0.717) is 19.6 Å². The molecule has 1 aromatic rings. The Bertz CT molecular complexity index is 493. The number of carbonyl (C=O) groups is 1. The van der Waals surface area contributed by atoms with Crippen molar-refractivity contribution in [2.45, 2.75) is 25.6 Å². The van der Waals surface area contributed by atoms with Gasteiger partial charge in [0.1, 0.15) is 5.82 Å². The molecule has 1 fully saturated rings. The maximum absolute atomic E-state index is 13.5. The van der Waals surface area contributed by atoms with E-state index in [-0.39, 0.29) is 17.8 Å². The predicted octanol–water partition coefficient (Wildman–Crippen LogP) is 1.80. The van der Waals surface area contributed by atoms with Gasteiger partial charge in [0.15, 0.2) is 0 Å². The molecule has 6 heteroatoms. The number of ether oxygens (including phenoxy) is 1. The summed E-state index contributed by atoms with van der Waals surface area (Å²) in [7, 11) is 0. The quantitative estimate of drug-likeness (QED) is 0.868. The summed E-state index contributed by atoms with van der Waals surface area (Å²) in [5, 5.41) is 2.58. The molecule has 0 saturated carbocycles. The first-order valence-corrected chi connectivity index (χ1v) is 6.59. The number of urea groups is 1. The minimum absolute atomic E-state index is 0.172. The molecule has 110 valence electrons. The second kappa shape index (κ2) is 5.76. The van der Waals surface area contributed by atoms with Gasteiger partial charge in [0.25, 0.3) is 0 Å². The fourth-order valence-electron chi connectivity index (χ4n) is 2.33. The van der Waals surface area contributed by atoms with E-state index in [0.717, 1.165) is 0 Å². The third kappa shape index (κ3) is 3.46. The van der Waals surface area contributed by atoms with E-state index in [9.17, 15) is 9.18 Å². The Hall–Kier alpha value is -1.66. The molecule has 0 aromatic heterocycles. The highest BCUT2D eigenvalue weighted by Gasteiger charge is 2.35. The van der Waals surface area contributed by atoms with Crippen molar-refractivity contribution < 1.29 is 13.9 Å². The van der Waals surface area contributed by atoms with Gasteiger partial charge in [-0.05, 0) is 26.0 Å². The second-order valence-corrected chi connectivity index (χ2v) is 5.53. The van der Waals surface area contributed by atoms with Gasteiger partial charge in [0.2, 0.25) is 0 Å². The van der Waals surface area contributed by atoms with Crippen LogP contribution in [0.4, 0.5) is 14.9 Å². The van der Waals surface area contributed by atoms with Crippen LogP contribution in [0.3, 0.4) is 0 Å². The standard InChI is InChI=1S/C14H20FN3O2/c1-14(2)9-18(8-10(7-16)20-14)13(19)17-12-6-4-3-5-11(12)15/h3-6,10H,7-9,16H2,1-2H3,(H,17,19). The number of amides is 2. The Morgan fingerprint density at radius 3 is 2.90 bits per heavy atom. The molecular formula is C14H20FN3O2. The SMILES string of the molecule is CC1(C)CN(C(=O)Nc2ccccc2F)CC(CN)O1. The molecule has 0 aliphatic carbocycles. The van der Waals surface area contributed by atoms with E-state index in [1.54, 1.807) is 17.0 Å². The zero-order chi connectivity index (χ0) is 14.8. The van der Waals surface area contributed by atoms with Gasteiger partial charge in [-0.25, -0.2) is 9.18 Å². The molecule has 0 radical (unpaired) electrons. The van der Waals surface area contributed by atoms with Crippen LogP contribution in [-0.4, -0.2) is 42.3 Å². The average Bonchev–Trinajstić information content (AvgIpc) is 2.39. The smallest absolute Gasteiger partial charge is 0.322 e. The minimum atomic E-state index is -0.463. The summed E-state index contributed by atoms with van der Waals surface area (Å²) in [6, 6.07) is 5.74. The number of nitrogens with one attached hydrogen (secondary N) is 1. The molecule has 2 rings (SSSR count). The molecule has 1 aliphatic rings. The van der Waals surface area contributed by atoms with Crippen LogP contribution in [0.2, 0.25) is 0 Å². The Balaban J connectivity index is 2.07. The molecule has 2 amide bonds. The van der Waals surface area contributed by atoms with Crippen LogP contribution in [0.25, 0.3) is 0 Å². The first-order chi connectivity index (χ1) is 9.41. The van der Waals surface area contributed by atoms with E-state index >= 15 is 0 Å². The number of halogens is 1. The van der Waals surface area contributed by atoms with E-state index in [4.69, 9.17) is 10.5 Å². The number of nitrogens with two attached hydrogens (primary N) is 1. The zero-order valence-electron chi connectivity index (χ0n) is 11.7. The third-order valence-corrected chi connectivity index (χ3v) is 3.15. The van der Waals surface area contributed by atoms with Crippen LogP contribution in [-0.2, 0) is 4.74 Å². The first kappa shape index (κ1) is 14.7. The highest BCUT2D eigenvalue weighted by molar-refractivity contribution is 5.89. The fraction of sp³-hybridized carbons (Fsp3) is 0.500. The Morgan fingerprint density at radius 1 is 1.55 bits per heavy atom. The van der Waals surface area contributed by atoms with E-state index in [1.165, 1.54) is 12.1 Å². The van der Waals surface area contributed by atoms with Crippen LogP contribution in [0.1, 0.15) is 13.8 Å². The third-order valence-electron chi connectivity index (χ3n) is 3.15. The molecule has 3 N–H and O–H groups in total. The lowest BCUT2D eigenvalue weighted by Gasteiger charge is -2.42. The number of benzene rings is 1. The summed E-state index contributed by atoms with van der Waals surface area (Å²) >= 11 is 0. The Kier molecular flexibility index (Phi) is 4.25. The molecule has 1 unspecified atom stereocenters. The zero-order valence-corrected chi connectivity index (χ0v) is 11.7. The van der Waals surface area contributed by atoms with E-state index in [2.05, 4.69) is 5.32 Å². The van der Waals surface area contributed by atoms with Crippen molar-refractivity contribution in [3.05, 3.63) is 30.1 Å². The van der Waals surface area contributed by atoms with Gasteiger partial charge in [-0.3, -0.25) is 0 Å². The molecule has 1 heterocycles. The van der Waals surface area contributed by atoms with E-state index < -0.39 is 11.4 Å². The number of nitrogens with zero attached hydrogens (tertiary/aromatic N) is 1. The van der Waals surface area contributed by atoms with Gasteiger partial charge in [0.05, 0.1) is 23.9 Å². The maximum Gasteiger partial charge on any atom is 0.322 e. The summed E-state index contributed by atoms with van der Waals surface area (Å²) in [6.07, 6.45) is -0.204. The lowest BCUT2D eigenvalue weighted by Crippen LogP contribution is -2.57. The highest BCUT2D eigenvalue weighted by atomic mass is 19.1. The summed E-state index contributed by atoms with van der Waals surface area (Å²) in [6.45, 7) is 4.98. The normalized spacial score (nSPS) is 21.6. The van der Waals surface area contributed by atoms with Crippen molar-refractivity contribution in [3.8, 4) is 0 Å². The fourth-order valence-corrected chi connectivity index (χ4v) is 2.33. The van der Waals surface area contributed by atoms with Crippen molar-refractivity contribution in [1.82, 2.24) is 4.90 Å². The molecule has 0 spiro atoms. The number of rotatable bonds is 2. The molecule has 1 aliphatic heterocycles. The number of morpholine rings is 1. The van der Waals surface area contributed by atoms with Crippen LogP contribution < -0.4 is 11.1 Å². The van der Waals surface area contributed by atoms with Crippen molar-refractivity contribution >= 4 is 11.7 Å². The van der Waals surface area contributed by atoms with Gasteiger partial charge in [-0.2, -0.15) is 0 Å². The summed E-state index contributed by atoms with van der Waals surface area (Å²) in [4.78, 5) is 13.8. The maximum atomic E-state index is 13.5. The number of anilines is 1. The Morgan fingerprint density at radius 2 is 2.25 bits per heavy atom. The van der Waals surface area contributed by atoms with Crippen LogP contribution >= 0.6 is 0 Å². The average molecular weight is 281 g/mol. The molecule has 5 nitrogen and oxygen atoms in total. The number of para-hydroxylation sites is 1. The molecule has 1 atom stereocenters.